The lowest BCUT2D eigenvalue weighted by Crippen LogP contribution is -2.27. The van der Waals surface area contributed by atoms with Crippen molar-refractivity contribution in [1.29, 1.82) is 0 Å². The molecule has 22 heavy (non-hydrogen) atoms. The van der Waals surface area contributed by atoms with Crippen molar-refractivity contribution in [3.8, 4) is 5.75 Å². The molecule has 0 aliphatic rings. The van der Waals surface area contributed by atoms with Crippen molar-refractivity contribution in [2.75, 3.05) is 7.11 Å². The molecule has 0 unspecified atom stereocenters. The Morgan fingerprint density at radius 2 is 1.68 bits per heavy atom. The van der Waals surface area contributed by atoms with Crippen LogP contribution in [0, 0.1) is 13.8 Å². The fraction of sp³-hybridized carbons (Fsp3) is 0.294. The lowest BCUT2D eigenvalue weighted by atomic mass is 10.1. The molecule has 2 aromatic rings. The summed E-state index contributed by atoms with van der Waals surface area (Å²) < 4.78 is 33.0. The number of benzene rings is 2. The van der Waals surface area contributed by atoms with Crippen LogP contribution >= 0.6 is 0 Å². The minimum absolute atomic E-state index is 0.323. The molecule has 0 bridgehead atoms. The van der Waals surface area contributed by atoms with Crippen LogP contribution in [0.3, 0.4) is 0 Å². The third-order valence-corrected chi connectivity index (χ3v) is 5.26. The van der Waals surface area contributed by atoms with Gasteiger partial charge >= 0.3 is 0 Å². The number of rotatable bonds is 5. The second kappa shape index (κ2) is 6.50. The smallest absolute Gasteiger partial charge is 0.241 e. The van der Waals surface area contributed by atoms with Crippen molar-refractivity contribution in [3.05, 3.63) is 59.2 Å². The van der Waals surface area contributed by atoms with Gasteiger partial charge in [-0.3, -0.25) is 0 Å². The van der Waals surface area contributed by atoms with Crippen molar-refractivity contribution in [3.63, 3.8) is 0 Å². The molecule has 0 aliphatic carbocycles. The standard InChI is InChI=1S/C17H21NO3S/c1-12-5-6-13(2)17(11-12)22(19,20)18-14(3)15-7-9-16(21-4)10-8-15/h5-11,14,18H,1-4H3/t14-/m1/s1. The van der Waals surface area contributed by atoms with E-state index in [9.17, 15) is 8.42 Å². The Hall–Kier alpha value is -1.85. The van der Waals surface area contributed by atoms with Gasteiger partial charge in [-0.25, -0.2) is 13.1 Å². The predicted octanol–water partition coefficient (Wildman–Crippen LogP) is 3.35. The fourth-order valence-corrected chi connectivity index (χ4v) is 3.82. The van der Waals surface area contributed by atoms with Gasteiger partial charge in [-0.2, -0.15) is 0 Å². The summed E-state index contributed by atoms with van der Waals surface area (Å²) in [4.78, 5) is 0.327. The Morgan fingerprint density at radius 1 is 1.05 bits per heavy atom. The second-order valence-electron chi connectivity index (χ2n) is 5.39. The first-order chi connectivity index (χ1) is 10.3. The normalized spacial score (nSPS) is 12.9. The molecule has 0 spiro atoms. The summed E-state index contributed by atoms with van der Waals surface area (Å²) >= 11 is 0. The predicted molar refractivity (Wildman–Crippen MR) is 87.6 cm³/mol. The van der Waals surface area contributed by atoms with E-state index in [2.05, 4.69) is 4.72 Å². The first-order valence-corrected chi connectivity index (χ1v) is 8.55. The summed E-state index contributed by atoms with van der Waals surface area (Å²) in [6.07, 6.45) is 0. The van der Waals surface area contributed by atoms with E-state index in [0.717, 1.165) is 22.4 Å². The molecule has 0 fully saturated rings. The van der Waals surface area contributed by atoms with Crippen LogP contribution in [0.25, 0.3) is 0 Å². The zero-order chi connectivity index (χ0) is 16.3. The van der Waals surface area contributed by atoms with Crippen molar-refractivity contribution >= 4 is 10.0 Å². The highest BCUT2D eigenvalue weighted by Gasteiger charge is 2.20. The minimum atomic E-state index is -3.56. The Kier molecular flexibility index (Phi) is 4.88. The largest absolute Gasteiger partial charge is 0.497 e. The summed E-state index contributed by atoms with van der Waals surface area (Å²) in [5.74, 6) is 0.744. The van der Waals surface area contributed by atoms with Crippen molar-refractivity contribution in [2.24, 2.45) is 0 Å². The summed E-state index contributed by atoms with van der Waals surface area (Å²) in [7, 11) is -1.96. The maximum atomic E-state index is 12.6. The number of hydrogen-bond donors (Lipinski definition) is 1. The van der Waals surface area contributed by atoms with Gasteiger partial charge in [-0.15, -0.1) is 0 Å². The molecule has 0 saturated heterocycles. The van der Waals surface area contributed by atoms with E-state index < -0.39 is 10.0 Å². The number of sulfonamides is 1. The van der Waals surface area contributed by atoms with Crippen LogP contribution in [0.1, 0.15) is 29.7 Å². The molecule has 2 rings (SSSR count). The van der Waals surface area contributed by atoms with Crippen LogP contribution in [0.5, 0.6) is 5.75 Å². The van der Waals surface area contributed by atoms with Gasteiger partial charge < -0.3 is 4.74 Å². The van der Waals surface area contributed by atoms with E-state index in [-0.39, 0.29) is 6.04 Å². The highest BCUT2D eigenvalue weighted by molar-refractivity contribution is 7.89. The van der Waals surface area contributed by atoms with Crippen molar-refractivity contribution in [2.45, 2.75) is 31.7 Å². The van der Waals surface area contributed by atoms with E-state index in [0.29, 0.717) is 4.90 Å². The number of aryl methyl sites for hydroxylation is 2. The lowest BCUT2D eigenvalue weighted by molar-refractivity contribution is 0.414. The molecule has 0 saturated carbocycles. The third-order valence-electron chi connectivity index (χ3n) is 3.58. The van der Waals surface area contributed by atoms with Crippen LogP contribution in [-0.2, 0) is 10.0 Å². The molecule has 118 valence electrons. The fourth-order valence-electron chi connectivity index (χ4n) is 2.25. The second-order valence-corrected chi connectivity index (χ2v) is 7.07. The van der Waals surface area contributed by atoms with E-state index in [1.165, 1.54) is 0 Å². The van der Waals surface area contributed by atoms with Gasteiger partial charge in [0.25, 0.3) is 0 Å². The van der Waals surface area contributed by atoms with Gasteiger partial charge in [0.15, 0.2) is 0 Å². The van der Waals surface area contributed by atoms with Gasteiger partial charge in [0.2, 0.25) is 10.0 Å². The van der Waals surface area contributed by atoms with Crippen LogP contribution < -0.4 is 9.46 Å². The first kappa shape index (κ1) is 16.5. The number of nitrogens with one attached hydrogen (secondary N) is 1. The maximum Gasteiger partial charge on any atom is 0.241 e. The molecule has 1 atom stereocenters. The average molecular weight is 319 g/mol. The molecular formula is C17H21NO3S. The Balaban J connectivity index is 2.25. The SMILES string of the molecule is COc1ccc([C@@H](C)NS(=O)(=O)c2cc(C)ccc2C)cc1. The van der Waals surface area contributed by atoms with Crippen molar-refractivity contribution < 1.29 is 13.2 Å². The zero-order valence-electron chi connectivity index (χ0n) is 13.3. The van der Waals surface area contributed by atoms with Crippen LogP contribution in [0.4, 0.5) is 0 Å². The van der Waals surface area contributed by atoms with Crippen LogP contribution in [0.2, 0.25) is 0 Å². The molecule has 1 N–H and O–H groups in total. The highest BCUT2D eigenvalue weighted by Crippen LogP contribution is 2.22. The van der Waals surface area contributed by atoms with E-state index in [1.54, 1.807) is 20.1 Å². The van der Waals surface area contributed by atoms with E-state index in [1.807, 2.05) is 50.2 Å². The van der Waals surface area contributed by atoms with Gasteiger partial charge in [0.1, 0.15) is 5.75 Å². The van der Waals surface area contributed by atoms with E-state index >= 15 is 0 Å². The zero-order valence-corrected chi connectivity index (χ0v) is 14.1. The molecular weight excluding hydrogens is 298 g/mol. The quantitative estimate of drug-likeness (QED) is 0.919. The van der Waals surface area contributed by atoms with Crippen LogP contribution in [0.15, 0.2) is 47.4 Å². The minimum Gasteiger partial charge on any atom is -0.497 e. The molecule has 0 heterocycles. The summed E-state index contributed by atoms with van der Waals surface area (Å²) in [6.45, 7) is 5.50. The van der Waals surface area contributed by atoms with E-state index in [4.69, 9.17) is 4.74 Å². The monoisotopic (exact) mass is 319 g/mol. The molecule has 0 radical (unpaired) electrons. The molecule has 0 amide bonds. The Bertz CT molecular complexity index is 752. The maximum absolute atomic E-state index is 12.6. The number of hydrogen-bond acceptors (Lipinski definition) is 3. The van der Waals surface area contributed by atoms with Crippen molar-refractivity contribution in [1.82, 2.24) is 4.72 Å². The highest BCUT2D eigenvalue weighted by atomic mass is 32.2. The van der Waals surface area contributed by atoms with Gasteiger partial charge in [0, 0.05) is 6.04 Å². The van der Waals surface area contributed by atoms with Crippen LogP contribution in [-0.4, -0.2) is 15.5 Å². The molecule has 5 heteroatoms. The first-order valence-electron chi connectivity index (χ1n) is 7.07. The summed E-state index contributed by atoms with van der Waals surface area (Å²) in [5, 5.41) is 0. The average Bonchev–Trinajstić information content (AvgIpc) is 2.49. The number of methoxy groups -OCH3 is 1. The lowest BCUT2D eigenvalue weighted by Gasteiger charge is -2.16. The Labute approximate surface area is 132 Å². The third kappa shape index (κ3) is 3.67. The molecule has 0 aliphatic heterocycles. The van der Waals surface area contributed by atoms with Gasteiger partial charge in [0.05, 0.1) is 12.0 Å². The number of ether oxygens (including phenoxy) is 1. The summed E-state index contributed by atoms with van der Waals surface area (Å²) in [5.41, 5.74) is 2.54. The summed E-state index contributed by atoms with van der Waals surface area (Å²) in [6, 6.07) is 12.4. The molecule has 0 aromatic heterocycles. The molecule has 2 aromatic carbocycles. The van der Waals surface area contributed by atoms with Gasteiger partial charge in [-0.1, -0.05) is 24.3 Å². The topological polar surface area (TPSA) is 55.4 Å². The van der Waals surface area contributed by atoms with Gasteiger partial charge in [-0.05, 0) is 55.7 Å². The molecule has 4 nitrogen and oxygen atoms in total. The Morgan fingerprint density at radius 3 is 2.27 bits per heavy atom.